The Bertz CT molecular complexity index is 3800. The number of benzene rings is 9. The number of hydrogen-bond acceptors (Lipinski definition) is 5. The van der Waals surface area contributed by atoms with Crippen LogP contribution in [0.25, 0.3) is 115 Å². The molecule has 0 bridgehead atoms. The summed E-state index contributed by atoms with van der Waals surface area (Å²) < 4.78 is 13.0. The minimum atomic E-state index is 0.610. The van der Waals surface area contributed by atoms with Crippen LogP contribution in [0, 0.1) is 0 Å². The zero-order chi connectivity index (χ0) is 39.3. The number of hydrogen-bond donors (Lipinski definition) is 0. The van der Waals surface area contributed by atoms with Gasteiger partial charge in [-0.1, -0.05) is 133 Å². The van der Waals surface area contributed by atoms with Crippen molar-refractivity contribution in [2.45, 2.75) is 12.8 Å². The van der Waals surface area contributed by atoms with Crippen molar-refractivity contribution in [3.8, 4) is 33.9 Å². The molecule has 3 aromatic heterocycles. The molecule has 0 saturated carbocycles. The van der Waals surface area contributed by atoms with Crippen molar-refractivity contribution >= 4 is 81.6 Å². The van der Waals surface area contributed by atoms with E-state index < -0.39 is 0 Å². The Kier molecular flexibility index (Phi) is 7.07. The van der Waals surface area contributed by atoms with Gasteiger partial charge in [-0.25, -0.2) is 15.0 Å². The molecule has 60 heavy (non-hydrogen) atoms. The third kappa shape index (κ3) is 5.16. The highest BCUT2D eigenvalue weighted by atomic mass is 16.3. The van der Waals surface area contributed by atoms with Crippen molar-refractivity contribution in [1.29, 1.82) is 0 Å². The van der Waals surface area contributed by atoms with E-state index in [1.807, 2.05) is 12.1 Å². The van der Waals surface area contributed by atoms with Gasteiger partial charge in [-0.3, -0.25) is 0 Å². The van der Waals surface area contributed by atoms with Gasteiger partial charge < -0.3 is 8.83 Å². The summed E-state index contributed by atoms with van der Waals surface area (Å²) in [6.07, 6.45) is 3.90. The Morgan fingerprint density at radius 1 is 0.367 bits per heavy atom. The average molecular weight is 768 g/mol. The number of nitrogens with zero attached hydrogens (tertiary/aromatic N) is 3. The summed E-state index contributed by atoms with van der Waals surface area (Å²) in [5, 5.41) is 12.6. The van der Waals surface area contributed by atoms with Crippen molar-refractivity contribution < 1.29 is 8.83 Å². The first kappa shape index (κ1) is 33.1. The Hall–Kier alpha value is -7.89. The fourth-order valence-electron chi connectivity index (χ4n) is 9.40. The predicted octanol–water partition coefficient (Wildman–Crippen LogP) is 14.5. The Morgan fingerprint density at radius 2 is 0.967 bits per heavy atom. The number of rotatable bonds is 4. The molecule has 0 aliphatic heterocycles. The lowest BCUT2D eigenvalue weighted by Crippen LogP contribution is -2.06. The fraction of sp³-hybridized carbons (Fsp3) is 0.0364. The molecule has 5 nitrogen and oxygen atoms in total. The maximum absolute atomic E-state index is 6.71. The summed E-state index contributed by atoms with van der Waals surface area (Å²) >= 11 is 0. The maximum atomic E-state index is 6.71. The lowest BCUT2D eigenvalue weighted by molar-refractivity contribution is 0.545. The zero-order valence-corrected chi connectivity index (χ0v) is 32.3. The van der Waals surface area contributed by atoms with Crippen LogP contribution in [-0.4, -0.2) is 15.0 Å². The normalized spacial score (nSPS) is 13.0. The summed E-state index contributed by atoms with van der Waals surface area (Å²) in [5.74, 6) is 2.82. The molecule has 280 valence electrons. The lowest BCUT2D eigenvalue weighted by atomic mass is 9.92. The van der Waals surface area contributed by atoms with E-state index in [1.165, 1.54) is 26.9 Å². The van der Waals surface area contributed by atoms with Crippen LogP contribution >= 0.6 is 0 Å². The van der Waals surface area contributed by atoms with Gasteiger partial charge in [0.25, 0.3) is 0 Å². The summed E-state index contributed by atoms with van der Waals surface area (Å²) in [7, 11) is 0. The van der Waals surface area contributed by atoms with Gasteiger partial charge in [-0.2, -0.15) is 0 Å². The highest BCUT2D eigenvalue weighted by molar-refractivity contribution is 6.19. The molecule has 1 aliphatic carbocycles. The second-order valence-corrected chi connectivity index (χ2v) is 15.8. The minimum Gasteiger partial charge on any atom is -0.460 e. The lowest BCUT2D eigenvalue weighted by Gasteiger charge is -2.15. The van der Waals surface area contributed by atoms with Crippen LogP contribution in [0.2, 0.25) is 0 Å². The molecule has 9 aromatic carbocycles. The molecule has 5 heteroatoms. The van der Waals surface area contributed by atoms with E-state index in [4.69, 9.17) is 23.8 Å². The monoisotopic (exact) mass is 767 g/mol. The van der Waals surface area contributed by atoms with Crippen LogP contribution in [-0.2, 0) is 6.42 Å². The summed E-state index contributed by atoms with van der Waals surface area (Å²) in [6.45, 7) is 0. The molecule has 3 heterocycles. The van der Waals surface area contributed by atoms with Gasteiger partial charge in [0, 0.05) is 44.8 Å². The van der Waals surface area contributed by atoms with Crippen molar-refractivity contribution in [3.05, 3.63) is 193 Å². The third-order valence-electron chi connectivity index (χ3n) is 12.3. The Balaban J connectivity index is 1.00. The van der Waals surface area contributed by atoms with E-state index in [9.17, 15) is 0 Å². The maximum Gasteiger partial charge on any atom is 0.164 e. The smallest absolute Gasteiger partial charge is 0.164 e. The van der Waals surface area contributed by atoms with Crippen LogP contribution in [0.1, 0.15) is 23.6 Å². The molecule has 0 saturated heterocycles. The van der Waals surface area contributed by atoms with Gasteiger partial charge in [0.1, 0.15) is 22.5 Å². The molecular weight excluding hydrogens is 735 g/mol. The topological polar surface area (TPSA) is 65.0 Å². The summed E-state index contributed by atoms with van der Waals surface area (Å²) in [5.41, 5.74) is 8.73. The van der Waals surface area contributed by atoms with Crippen LogP contribution in [0.4, 0.5) is 0 Å². The van der Waals surface area contributed by atoms with Gasteiger partial charge in [-0.05, 0) is 103 Å². The number of aromatic nitrogens is 3. The molecule has 1 aliphatic rings. The van der Waals surface area contributed by atoms with Gasteiger partial charge in [0.05, 0.1) is 0 Å². The molecule has 12 aromatic rings. The third-order valence-corrected chi connectivity index (χ3v) is 12.3. The van der Waals surface area contributed by atoms with Gasteiger partial charge in [0.15, 0.2) is 17.5 Å². The standard InChI is InChI=1S/C55H33N3O2/c1-2-10-36-28-37(21-16-32(36)8-1)38-24-26-43-50(31-38)60-48-15-7-13-44(51(43)48)55-57-53(39-22-19-34-18-17-33-9-3-4-11-41(33)45(34)29-39)56-54(58-55)40-23-20-35-25-27-49-52(46(35)30-40)42-12-5-6-14-47(42)59-49/h1-6,8-14,16-31H,7,15H2. The summed E-state index contributed by atoms with van der Waals surface area (Å²) in [6, 6.07) is 60.0. The highest BCUT2D eigenvalue weighted by Gasteiger charge is 2.26. The summed E-state index contributed by atoms with van der Waals surface area (Å²) in [4.78, 5) is 15.9. The van der Waals surface area contributed by atoms with E-state index >= 15 is 0 Å². The average Bonchev–Trinajstić information content (AvgIpc) is 3.89. The Labute approximate surface area is 343 Å². The zero-order valence-electron chi connectivity index (χ0n) is 32.3. The molecule has 0 fully saturated rings. The molecule has 0 N–H and O–H groups in total. The van der Waals surface area contributed by atoms with E-state index in [2.05, 4.69) is 164 Å². The number of para-hydroxylation sites is 1. The quantitative estimate of drug-likeness (QED) is 0.167. The van der Waals surface area contributed by atoms with Crippen LogP contribution in [0.3, 0.4) is 0 Å². The van der Waals surface area contributed by atoms with Crippen molar-refractivity contribution in [2.75, 3.05) is 0 Å². The molecule has 0 spiro atoms. The van der Waals surface area contributed by atoms with Crippen LogP contribution in [0.15, 0.2) is 185 Å². The van der Waals surface area contributed by atoms with Crippen LogP contribution in [0.5, 0.6) is 0 Å². The minimum absolute atomic E-state index is 0.610. The van der Waals surface area contributed by atoms with E-state index in [0.717, 1.165) is 101 Å². The SMILES string of the molecule is C1=C(c2nc(-c3ccc4ccc5ccccc5c4c3)nc(-c3ccc4ccc5oc6ccccc6c5c4c3)n2)c2c(oc3cc(-c4ccc5ccccc5c4)ccc23)CC1. The Morgan fingerprint density at radius 3 is 1.82 bits per heavy atom. The van der Waals surface area contributed by atoms with Crippen LogP contribution < -0.4 is 0 Å². The number of furan rings is 2. The fourth-order valence-corrected chi connectivity index (χ4v) is 9.40. The van der Waals surface area contributed by atoms with Crippen molar-refractivity contribution in [1.82, 2.24) is 15.0 Å². The molecule has 0 radical (unpaired) electrons. The van der Waals surface area contributed by atoms with Crippen molar-refractivity contribution in [3.63, 3.8) is 0 Å². The van der Waals surface area contributed by atoms with Gasteiger partial charge in [-0.15, -0.1) is 0 Å². The second-order valence-electron chi connectivity index (χ2n) is 15.8. The van der Waals surface area contributed by atoms with E-state index in [1.54, 1.807) is 0 Å². The van der Waals surface area contributed by atoms with Crippen molar-refractivity contribution in [2.24, 2.45) is 0 Å². The molecule has 13 rings (SSSR count). The predicted molar refractivity (Wildman–Crippen MR) is 245 cm³/mol. The first-order valence-corrected chi connectivity index (χ1v) is 20.5. The first-order valence-electron chi connectivity index (χ1n) is 20.5. The van der Waals surface area contributed by atoms with E-state index in [-0.39, 0.29) is 0 Å². The number of allylic oxidation sites excluding steroid dienone is 1. The largest absolute Gasteiger partial charge is 0.460 e. The van der Waals surface area contributed by atoms with Gasteiger partial charge >= 0.3 is 0 Å². The van der Waals surface area contributed by atoms with Gasteiger partial charge in [0.2, 0.25) is 0 Å². The van der Waals surface area contributed by atoms with E-state index in [0.29, 0.717) is 17.5 Å². The number of aryl methyl sites for hydroxylation is 1. The molecule has 0 atom stereocenters. The molecule has 0 unspecified atom stereocenters. The molecular formula is C55H33N3O2. The highest BCUT2D eigenvalue weighted by Crippen LogP contribution is 2.42. The first-order chi connectivity index (χ1) is 29.7. The number of fused-ring (bicyclic) bond motifs is 12. The molecule has 0 amide bonds. The second kappa shape index (κ2) is 12.8.